The molecule has 1 aliphatic heterocycles. The fourth-order valence-corrected chi connectivity index (χ4v) is 3.79. The highest BCUT2D eigenvalue weighted by molar-refractivity contribution is 6.31. The van der Waals surface area contributed by atoms with Crippen LogP contribution >= 0.6 is 11.6 Å². The molecule has 0 bridgehead atoms. The zero-order chi connectivity index (χ0) is 13.5. The lowest BCUT2D eigenvalue weighted by atomic mass is 9.75. The second-order valence-corrected chi connectivity index (χ2v) is 6.01. The molecular weight excluding hydrogens is 262 g/mol. The van der Waals surface area contributed by atoms with Gasteiger partial charge in [0.1, 0.15) is 13.2 Å². The van der Waals surface area contributed by atoms with Crippen LogP contribution in [0, 0.1) is 6.92 Å². The lowest BCUT2D eigenvalue weighted by Gasteiger charge is -2.37. The van der Waals surface area contributed by atoms with Crippen LogP contribution in [0.25, 0.3) is 0 Å². The normalized spacial score (nSPS) is 21.2. The molecule has 3 rings (SSSR count). The fraction of sp³-hybridized carbons (Fsp3) is 0.600. The first-order valence-electron chi connectivity index (χ1n) is 7.00. The standard InChI is InChI=1S/C15H20ClNO2/c1-10-13(15(17)5-3-2-4-6-15)11(16)9-12-14(10)19-8-7-18-12/h9H,2-8,17H2,1H3. The molecule has 1 saturated carbocycles. The van der Waals surface area contributed by atoms with Crippen LogP contribution in [0.3, 0.4) is 0 Å². The molecular formula is C15H20ClNO2. The van der Waals surface area contributed by atoms with Crippen molar-refractivity contribution in [3.05, 3.63) is 22.2 Å². The molecule has 2 aliphatic rings. The first kappa shape index (κ1) is 13.1. The van der Waals surface area contributed by atoms with E-state index in [-0.39, 0.29) is 5.54 Å². The minimum Gasteiger partial charge on any atom is -0.486 e. The number of nitrogens with two attached hydrogens (primary N) is 1. The van der Waals surface area contributed by atoms with Crippen molar-refractivity contribution in [2.24, 2.45) is 5.73 Å². The van der Waals surface area contributed by atoms with E-state index in [1.165, 1.54) is 19.3 Å². The minimum atomic E-state index is -0.310. The van der Waals surface area contributed by atoms with Gasteiger partial charge in [0, 0.05) is 22.2 Å². The van der Waals surface area contributed by atoms with Gasteiger partial charge in [0.15, 0.2) is 11.5 Å². The summed E-state index contributed by atoms with van der Waals surface area (Å²) in [5.74, 6) is 1.57. The molecule has 19 heavy (non-hydrogen) atoms. The van der Waals surface area contributed by atoms with Gasteiger partial charge in [-0.3, -0.25) is 0 Å². The molecule has 0 unspecified atom stereocenters. The summed E-state index contributed by atoms with van der Waals surface area (Å²) in [5.41, 5.74) is 8.43. The Labute approximate surface area is 119 Å². The fourth-order valence-electron chi connectivity index (χ4n) is 3.36. The minimum absolute atomic E-state index is 0.310. The first-order chi connectivity index (χ1) is 9.12. The maximum Gasteiger partial charge on any atom is 0.164 e. The van der Waals surface area contributed by atoms with Crippen molar-refractivity contribution in [3.63, 3.8) is 0 Å². The second kappa shape index (κ2) is 4.88. The van der Waals surface area contributed by atoms with Gasteiger partial charge in [0.25, 0.3) is 0 Å². The van der Waals surface area contributed by atoms with Crippen LogP contribution in [-0.2, 0) is 5.54 Å². The van der Waals surface area contributed by atoms with Gasteiger partial charge in [-0.15, -0.1) is 0 Å². The van der Waals surface area contributed by atoms with Crippen LogP contribution in [0.2, 0.25) is 5.02 Å². The number of rotatable bonds is 1. The highest BCUT2D eigenvalue weighted by Crippen LogP contribution is 2.46. The predicted octanol–water partition coefficient (Wildman–Crippen LogP) is 3.54. The van der Waals surface area contributed by atoms with Crippen molar-refractivity contribution >= 4 is 11.6 Å². The summed E-state index contributed by atoms with van der Waals surface area (Å²) >= 11 is 6.47. The van der Waals surface area contributed by atoms with Gasteiger partial charge in [-0.05, 0) is 25.3 Å². The average molecular weight is 282 g/mol. The molecule has 1 heterocycles. The Bertz CT molecular complexity index is 495. The number of benzene rings is 1. The van der Waals surface area contributed by atoms with Crippen molar-refractivity contribution in [3.8, 4) is 11.5 Å². The summed E-state index contributed by atoms with van der Waals surface area (Å²) in [7, 11) is 0. The molecule has 4 heteroatoms. The van der Waals surface area contributed by atoms with Gasteiger partial charge < -0.3 is 15.2 Å². The van der Waals surface area contributed by atoms with Gasteiger partial charge >= 0.3 is 0 Å². The molecule has 0 spiro atoms. The molecule has 1 fully saturated rings. The third kappa shape index (κ3) is 2.19. The van der Waals surface area contributed by atoms with E-state index in [1.54, 1.807) is 0 Å². The summed E-state index contributed by atoms with van der Waals surface area (Å²) < 4.78 is 11.4. The van der Waals surface area contributed by atoms with E-state index in [1.807, 2.05) is 13.0 Å². The molecule has 1 aromatic carbocycles. The molecule has 2 N–H and O–H groups in total. The number of hydrogen-bond acceptors (Lipinski definition) is 3. The van der Waals surface area contributed by atoms with E-state index >= 15 is 0 Å². The molecule has 104 valence electrons. The zero-order valence-corrected chi connectivity index (χ0v) is 12.1. The maximum absolute atomic E-state index is 6.63. The summed E-state index contributed by atoms with van der Waals surface area (Å²) in [4.78, 5) is 0. The topological polar surface area (TPSA) is 44.5 Å². The molecule has 0 aromatic heterocycles. The van der Waals surface area contributed by atoms with E-state index in [9.17, 15) is 0 Å². The van der Waals surface area contributed by atoms with E-state index in [0.29, 0.717) is 18.2 Å². The summed E-state index contributed by atoms with van der Waals surface area (Å²) in [5, 5.41) is 0.714. The molecule has 3 nitrogen and oxygen atoms in total. The van der Waals surface area contributed by atoms with Crippen molar-refractivity contribution < 1.29 is 9.47 Å². The van der Waals surface area contributed by atoms with Crippen LogP contribution in [-0.4, -0.2) is 13.2 Å². The van der Waals surface area contributed by atoms with Gasteiger partial charge in [-0.25, -0.2) is 0 Å². The molecule has 1 aliphatic carbocycles. The van der Waals surface area contributed by atoms with Crippen LogP contribution in [0.1, 0.15) is 43.2 Å². The Kier molecular flexibility index (Phi) is 3.35. The first-order valence-corrected chi connectivity index (χ1v) is 7.38. The summed E-state index contributed by atoms with van der Waals surface area (Å²) in [6.45, 7) is 3.21. The van der Waals surface area contributed by atoms with Crippen LogP contribution in [0.4, 0.5) is 0 Å². The van der Waals surface area contributed by atoms with Crippen molar-refractivity contribution in [2.45, 2.75) is 44.6 Å². The summed E-state index contributed by atoms with van der Waals surface area (Å²) in [6.07, 6.45) is 5.59. The highest BCUT2D eigenvalue weighted by atomic mass is 35.5. The number of halogens is 1. The van der Waals surface area contributed by atoms with E-state index in [2.05, 4.69) is 0 Å². The summed E-state index contributed by atoms with van der Waals surface area (Å²) in [6, 6.07) is 1.86. The highest BCUT2D eigenvalue weighted by Gasteiger charge is 2.35. The SMILES string of the molecule is Cc1c2c(cc(Cl)c1C1(N)CCCCC1)OCCO2. The Morgan fingerprint density at radius 2 is 1.84 bits per heavy atom. The predicted molar refractivity (Wildman–Crippen MR) is 76.1 cm³/mol. The molecule has 0 amide bonds. The van der Waals surface area contributed by atoms with Gasteiger partial charge in [0.05, 0.1) is 0 Å². The van der Waals surface area contributed by atoms with Crippen LogP contribution in [0.5, 0.6) is 11.5 Å². The Morgan fingerprint density at radius 3 is 2.58 bits per heavy atom. The van der Waals surface area contributed by atoms with Gasteiger partial charge in [-0.1, -0.05) is 30.9 Å². The molecule has 0 atom stereocenters. The lowest BCUT2D eigenvalue weighted by Crippen LogP contribution is -2.39. The van der Waals surface area contributed by atoms with Gasteiger partial charge in [0.2, 0.25) is 0 Å². The largest absolute Gasteiger partial charge is 0.486 e. The number of fused-ring (bicyclic) bond motifs is 1. The molecule has 1 aromatic rings. The van der Waals surface area contributed by atoms with Crippen molar-refractivity contribution in [1.82, 2.24) is 0 Å². The average Bonchev–Trinajstić information content (AvgIpc) is 2.39. The maximum atomic E-state index is 6.63. The van der Waals surface area contributed by atoms with Crippen molar-refractivity contribution in [2.75, 3.05) is 13.2 Å². The Balaban J connectivity index is 2.10. The van der Waals surface area contributed by atoms with E-state index < -0.39 is 0 Å². The lowest BCUT2D eigenvalue weighted by molar-refractivity contribution is 0.169. The van der Waals surface area contributed by atoms with E-state index in [4.69, 9.17) is 26.8 Å². The van der Waals surface area contributed by atoms with Crippen LogP contribution < -0.4 is 15.2 Å². The monoisotopic (exact) mass is 281 g/mol. The molecule has 0 radical (unpaired) electrons. The van der Waals surface area contributed by atoms with Crippen molar-refractivity contribution in [1.29, 1.82) is 0 Å². The Morgan fingerprint density at radius 1 is 1.16 bits per heavy atom. The second-order valence-electron chi connectivity index (χ2n) is 5.60. The smallest absolute Gasteiger partial charge is 0.164 e. The number of ether oxygens (including phenoxy) is 2. The van der Waals surface area contributed by atoms with Crippen LogP contribution in [0.15, 0.2) is 6.07 Å². The third-order valence-corrected chi connectivity index (χ3v) is 4.57. The third-order valence-electron chi connectivity index (χ3n) is 4.27. The Hall–Kier alpha value is -0.930. The quantitative estimate of drug-likeness (QED) is 0.856. The van der Waals surface area contributed by atoms with E-state index in [0.717, 1.165) is 35.5 Å². The number of hydrogen-bond donors (Lipinski definition) is 1. The molecule has 0 saturated heterocycles. The zero-order valence-electron chi connectivity index (χ0n) is 11.3. The van der Waals surface area contributed by atoms with Gasteiger partial charge in [-0.2, -0.15) is 0 Å².